The summed E-state index contributed by atoms with van der Waals surface area (Å²) >= 11 is 0. The van der Waals surface area contributed by atoms with E-state index in [1.165, 1.54) is 4.90 Å². The monoisotopic (exact) mass is 293 g/mol. The van der Waals surface area contributed by atoms with Crippen molar-refractivity contribution < 1.29 is 13.9 Å². The third-order valence-corrected chi connectivity index (χ3v) is 3.26. The number of hydrogen-bond acceptors (Lipinski definition) is 3. The lowest BCUT2D eigenvalue weighted by atomic mass is 10.0. The highest BCUT2D eigenvalue weighted by molar-refractivity contribution is 6.10. The predicted octanol–water partition coefficient (Wildman–Crippen LogP) is 2.19. The van der Waals surface area contributed by atoms with E-state index < -0.39 is 13.0 Å². The molecule has 4 N–H and O–H groups in total. The van der Waals surface area contributed by atoms with E-state index in [-0.39, 0.29) is 19.0 Å². The number of aliphatic hydroxyl groups excluding tert-OH is 1. The molecular weight excluding hydrogens is 276 g/mol. The van der Waals surface area contributed by atoms with Crippen LogP contribution < -0.4 is 10.6 Å². The number of nitrogens with two attached hydrogens (primary N) is 1. The van der Waals surface area contributed by atoms with Gasteiger partial charge in [0.2, 0.25) is 0 Å². The van der Waals surface area contributed by atoms with Crippen molar-refractivity contribution in [2.24, 2.45) is 5.73 Å². The van der Waals surface area contributed by atoms with Crippen molar-refractivity contribution in [1.29, 1.82) is 5.41 Å². The molecule has 4 nitrogen and oxygen atoms in total. The predicted molar refractivity (Wildman–Crippen MR) is 80.3 cm³/mol. The van der Waals surface area contributed by atoms with Crippen LogP contribution in [0.5, 0.6) is 0 Å². The average Bonchev–Trinajstić information content (AvgIpc) is 2.45. The molecule has 6 heteroatoms. The van der Waals surface area contributed by atoms with Crippen molar-refractivity contribution in [3.63, 3.8) is 0 Å². The molecule has 0 saturated heterocycles. The zero-order valence-corrected chi connectivity index (χ0v) is 11.4. The normalized spacial score (nSPS) is 11.0. The molecule has 0 bridgehead atoms. The maximum absolute atomic E-state index is 12.7. The number of rotatable bonds is 6. The Morgan fingerprint density at radius 1 is 1.19 bits per heavy atom. The first-order chi connectivity index (χ1) is 10.0. The van der Waals surface area contributed by atoms with Crippen LogP contribution >= 0.6 is 0 Å². The van der Waals surface area contributed by atoms with Crippen molar-refractivity contribution in [3.8, 4) is 0 Å². The zero-order valence-electron chi connectivity index (χ0n) is 11.4. The molecule has 112 valence electrons. The van der Waals surface area contributed by atoms with Crippen LogP contribution in [0.1, 0.15) is 5.56 Å². The van der Waals surface area contributed by atoms with Crippen molar-refractivity contribution in [1.82, 2.24) is 0 Å². The number of nitrogens with zero attached hydrogens (tertiary/aromatic N) is 1. The van der Waals surface area contributed by atoms with E-state index in [1.807, 2.05) is 6.07 Å². The van der Waals surface area contributed by atoms with Gasteiger partial charge in [-0.2, -0.15) is 0 Å². The fraction of sp³-hybridized carbons (Fsp3) is 0.267. The number of hydrogen-bond donors (Lipinski definition) is 3. The first-order valence-electron chi connectivity index (χ1n) is 6.54. The summed E-state index contributed by atoms with van der Waals surface area (Å²) < 4.78 is 25.4. The minimum atomic E-state index is -2.50. The van der Waals surface area contributed by atoms with Crippen LogP contribution in [0.2, 0.25) is 0 Å². The van der Waals surface area contributed by atoms with Gasteiger partial charge in [-0.25, -0.2) is 8.78 Å². The van der Waals surface area contributed by atoms with E-state index in [0.717, 1.165) is 10.8 Å². The maximum Gasteiger partial charge on any atom is 0.255 e. The number of fused-ring (bicyclic) bond motifs is 1. The molecule has 0 heterocycles. The van der Waals surface area contributed by atoms with Gasteiger partial charge in [0.15, 0.2) is 0 Å². The van der Waals surface area contributed by atoms with E-state index in [9.17, 15) is 8.78 Å². The Morgan fingerprint density at radius 3 is 2.43 bits per heavy atom. The fourth-order valence-electron chi connectivity index (χ4n) is 2.39. The third-order valence-electron chi connectivity index (χ3n) is 3.26. The van der Waals surface area contributed by atoms with E-state index in [1.54, 1.807) is 30.3 Å². The van der Waals surface area contributed by atoms with Crippen LogP contribution in [-0.2, 0) is 0 Å². The van der Waals surface area contributed by atoms with Crippen LogP contribution in [0.15, 0.2) is 36.4 Å². The molecule has 0 aliphatic rings. The summed E-state index contributed by atoms with van der Waals surface area (Å²) in [5.74, 6) is -0.0692. The number of anilines is 1. The van der Waals surface area contributed by atoms with Crippen LogP contribution in [0.25, 0.3) is 10.8 Å². The Labute approximate surface area is 121 Å². The van der Waals surface area contributed by atoms with Gasteiger partial charge in [-0.1, -0.05) is 24.3 Å². The van der Waals surface area contributed by atoms with Crippen LogP contribution in [0, 0.1) is 5.41 Å². The third kappa shape index (κ3) is 3.28. The van der Waals surface area contributed by atoms with Gasteiger partial charge in [0.1, 0.15) is 5.84 Å². The summed E-state index contributed by atoms with van der Waals surface area (Å²) in [5.41, 5.74) is 6.72. The molecule has 0 aliphatic heterocycles. The first kappa shape index (κ1) is 15.2. The molecule has 0 unspecified atom stereocenters. The molecule has 0 atom stereocenters. The number of amidine groups is 1. The number of alkyl halides is 2. The maximum atomic E-state index is 12.7. The van der Waals surface area contributed by atoms with Gasteiger partial charge < -0.3 is 15.7 Å². The lowest BCUT2D eigenvalue weighted by molar-refractivity contribution is 0.153. The van der Waals surface area contributed by atoms with Gasteiger partial charge >= 0.3 is 0 Å². The van der Waals surface area contributed by atoms with Crippen LogP contribution in [-0.4, -0.2) is 37.1 Å². The number of benzene rings is 2. The van der Waals surface area contributed by atoms with Gasteiger partial charge in [0.05, 0.1) is 13.2 Å². The Balaban J connectivity index is 2.58. The molecule has 0 aliphatic carbocycles. The highest BCUT2D eigenvalue weighted by Crippen LogP contribution is 2.29. The molecule has 21 heavy (non-hydrogen) atoms. The Kier molecular flexibility index (Phi) is 4.70. The van der Waals surface area contributed by atoms with E-state index in [4.69, 9.17) is 16.2 Å². The van der Waals surface area contributed by atoms with Crippen molar-refractivity contribution in [2.75, 3.05) is 24.6 Å². The smallest absolute Gasteiger partial charge is 0.255 e. The lowest BCUT2D eigenvalue weighted by Gasteiger charge is -2.25. The quantitative estimate of drug-likeness (QED) is 0.564. The fourth-order valence-corrected chi connectivity index (χ4v) is 2.39. The first-order valence-corrected chi connectivity index (χ1v) is 6.54. The molecule has 0 spiro atoms. The molecule has 2 aromatic carbocycles. The molecule has 0 radical (unpaired) electrons. The van der Waals surface area contributed by atoms with Crippen molar-refractivity contribution >= 4 is 22.3 Å². The number of halogens is 2. The average molecular weight is 293 g/mol. The Bertz CT molecular complexity index is 646. The molecular formula is C15H17F2N3O. The van der Waals surface area contributed by atoms with Gasteiger partial charge in [0.25, 0.3) is 6.43 Å². The summed E-state index contributed by atoms with van der Waals surface area (Å²) in [6, 6.07) is 10.5. The molecule has 0 amide bonds. The molecule has 0 aromatic heterocycles. The van der Waals surface area contributed by atoms with Crippen LogP contribution in [0.3, 0.4) is 0 Å². The Morgan fingerprint density at radius 2 is 1.86 bits per heavy atom. The van der Waals surface area contributed by atoms with Crippen LogP contribution in [0.4, 0.5) is 14.5 Å². The second kappa shape index (κ2) is 6.49. The summed E-state index contributed by atoms with van der Waals surface area (Å²) in [7, 11) is 0. The second-order valence-corrected chi connectivity index (χ2v) is 4.65. The second-order valence-electron chi connectivity index (χ2n) is 4.65. The SMILES string of the molecule is N=C(N)c1ccc(N(CCO)CC(F)F)c2ccccc12. The molecule has 2 rings (SSSR count). The van der Waals surface area contributed by atoms with E-state index >= 15 is 0 Å². The van der Waals surface area contributed by atoms with Gasteiger partial charge in [-0.15, -0.1) is 0 Å². The minimum absolute atomic E-state index is 0.0692. The summed E-state index contributed by atoms with van der Waals surface area (Å²) in [6.07, 6.45) is -2.50. The number of nitrogen functional groups attached to an aromatic ring is 1. The number of nitrogens with one attached hydrogen (secondary N) is 1. The van der Waals surface area contributed by atoms with E-state index in [0.29, 0.717) is 11.3 Å². The van der Waals surface area contributed by atoms with Gasteiger partial charge in [-0.05, 0) is 17.5 Å². The molecule has 0 saturated carbocycles. The van der Waals surface area contributed by atoms with E-state index in [2.05, 4.69) is 0 Å². The lowest BCUT2D eigenvalue weighted by Crippen LogP contribution is -2.31. The topological polar surface area (TPSA) is 73.3 Å². The highest BCUT2D eigenvalue weighted by atomic mass is 19.3. The number of aliphatic hydroxyl groups is 1. The van der Waals surface area contributed by atoms with Crippen molar-refractivity contribution in [3.05, 3.63) is 42.0 Å². The van der Waals surface area contributed by atoms with Gasteiger partial charge in [0, 0.05) is 23.2 Å². The largest absolute Gasteiger partial charge is 0.395 e. The Hall–Kier alpha value is -2.21. The zero-order chi connectivity index (χ0) is 15.4. The standard InChI is InChI=1S/C15H17F2N3O/c16-14(17)9-20(7-8-21)13-6-5-12(15(18)19)10-3-1-2-4-11(10)13/h1-6,14,21H,7-9H2,(H3,18,19). The summed E-state index contributed by atoms with van der Waals surface area (Å²) in [4.78, 5) is 1.44. The van der Waals surface area contributed by atoms with Gasteiger partial charge in [-0.3, -0.25) is 5.41 Å². The van der Waals surface area contributed by atoms with Crippen molar-refractivity contribution in [2.45, 2.75) is 6.43 Å². The summed E-state index contributed by atoms with van der Waals surface area (Å²) in [5, 5.41) is 18.1. The molecule has 0 fully saturated rings. The highest BCUT2D eigenvalue weighted by Gasteiger charge is 2.16. The molecule has 2 aromatic rings. The minimum Gasteiger partial charge on any atom is -0.395 e. The summed E-state index contributed by atoms with van der Waals surface area (Å²) in [6.45, 7) is -0.548.